The van der Waals surface area contributed by atoms with Gasteiger partial charge < -0.3 is 19.4 Å². The maximum Gasteiger partial charge on any atom is 0.340 e. The second kappa shape index (κ2) is 9.26. The summed E-state index contributed by atoms with van der Waals surface area (Å²) in [6, 6.07) is 11.0. The van der Waals surface area contributed by atoms with Crippen LogP contribution in [0.25, 0.3) is 0 Å². The van der Waals surface area contributed by atoms with Crippen LogP contribution in [-0.4, -0.2) is 36.5 Å². The van der Waals surface area contributed by atoms with E-state index in [4.69, 9.17) is 9.15 Å². The molecule has 1 fully saturated rings. The highest BCUT2D eigenvalue weighted by molar-refractivity contribution is 5.96. The average molecular weight is 370 g/mol. The molecular weight excluding hydrogens is 344 g/mol. The van der Waals surface area contributed by atoms with Gasteiger partial charge >= 0.3 is 5.97 Å². The topological polar surface area (TPSA) is 71.8 Å². The summed E-state index contributed by atoms with van der Waals surface area (Å²) in [4.78, 5) is 26.6. The van der Waals surface area contributed by atoms with Crippen molar-refractivity contribution in [2.45, 2.75) is 44.7 Å². The molecule has 0 unspecified atom stereocenters. The molecule has 1 aromatic carbocycles. The number of furan rings is 1. The van der Waals surface area contributed by atoms with E-state index < -0.39 is 5.97 Å². The number of ether oxygens (including phenoxy) is 1. The Morgan fingerprint density at radius 3 is 2.67 bits per heavy atom. The molecule has 3 rings (SSSR count). The van der Waals surface area contributed by atoms with E-state index in [2.05, 4.69) is 5.32 Å². The fourth-order valence-corrected chi connectivity index (χ4v) is 3.39. The number of para-hydroxylation sites is 1. The Bertz CT molecular complexity index is 751. The van der Waals surface area contributed by atoms with Crippen LogP contribution in [0.1, 0.15) is 48.2 Å². The third-order valence-electron chi connectivity index (χ3n) is 5.02. The molecule has 0 aliphatic heterocycles. The van der Waals surface area contributed by atoms with Gasteiger partial charge in [-0.25, -0.2) is 4.79 Å². The molecule has 27 heavy (non-hydrogen) atoms. The van der Waals surface area contributed by atoms with Gasteiger partial charge in [0.05, 0.1) is 18.4 Å². The zero-order valence-corrected chi connectivity index (χ0v) is 15.6. The number of anilines is 1. The van der Waals surface area contributed by atoms with Crippen LogP contribution >= 0.6 is 0 Å². The molecule has 6 nitrogen and oxygen atoms in total. The van der Waals surface area contributed by atoms with Gasteiger partial charge in [0.25, 0.3) is 5.91 Å². The monoisotopic (exact) mass is 370 g/mol. The van der Waals surface area contributed by atoms with E-state index in [0.717, 1.165) is 31.4 Å². The third kappa shape index (κ3) is 5.12. The van der Waals surface area contributed by atoms with Gasteiger partial charge in [-0.05, 0) is 37.1 Å². The Morgan fingerprint density at radius 1 is 1.15 bits per heavy atom. The second-order valence-corrected chi connectivity index (χ2v) is 6.85. The molecule has 1 amide bonds. The van der Waals surface area contributed by atoms with Crippen molar-refractivity contribution in [3.05, 3.63) is 54.0 Å². The van der Waals surface area contributed by atoms with Crippen molar-refractivity contribution >= 4 is 17.6 Å². The number of nitrogens with zero attached hydrogens (tertiary/aromatic N) is 1. The molecule has 0 atom stereocenters. The van der Waals surface area contributed by atoms with E-state index in [1.54, 1.807) is 36.4 Å². The van der Waals surface area contributed by atoms with Gasteiger partial charge in [-0.3, -0.25) is 4.79 Å². The standard InChI is InChI=1S/C21H26N2O4/c1-23(16-8-3-2-4-9-16)20(24)15-27-21(25)18-11-5-6-12-19(18)22-14-17-10-7-13-26-17/h5-7,10-13,16,22H,2-4,8-9,14-15H2,1H3. The quantitative estimate of drug-likeness (QED) is 0.750. The number of benzene rings is 1. The first-order valence-electron chi connectivity index (χ1n) is 9.43. The second-order valence-electron chi connectivity index (χ2n) is 6.85. The lowest BCUT2D eigenvalue weighted by atomic mass is 9.94. The highest BCUT2D eigenvalue weighted by Crippen LogP contribution is 2.22. The van der Waals surface area contributed by atoms with E-state index in [0.29, 0.717) is 17.8 Å². The Hall–Kier alpha value is -2.76. The minimum atomic E-state index is -0.511. The highest BCUT2D eigenvalue weighted by atomic mass is 16.5. The number of likely N-dealkylation sites (N-methyl/N-ethyl adjacent to an activating group) is 1. The predicted octanol–water partition coefficient (Wildman–Crippen LogP) is 3.84. The fourth-order valence-electron chi connectivity index (χ4n) is 3.39. The minimum Gasteiger partial charge on any atom is -0.467 e. The van der Waals surface area contributed by atoms with Crippen LogP contribution in [0.2, 0.25) is 0 Å². The molecule has 144 valence electrons. The van der Waals surface area contributed by atoms with Gasteiger partial charge in [-0.15, -0.1) is 0 Å². The summed E-state index contributed by atoms with van der Waals surface area (Å²) in [6.45, 7) is 0.221. The van der Waals surface area contributed by atoms with Crippen LogP contribution < -0.4 is 5.32 Å². The summed E-state index contributed by atoms with van der Waals surface area (Å²) in [5.74, 6) is 0.0988. The first-order chi connectivity index (χ1) is 13.1. The maximum absolute atomic E-state index is 12.5. The maximum atomic E-state index is 12.5. The third-order valence-corrected chi connectivity index (χ3v) is 5.02. The molecule has 0 bridgehead atoms. The first-order valence-corrected chi connectivity index (χ1v) is 9.43. The van der Waals surface area contributed by atoms with E-state index in [9.17, 15) is 9.59 Å². The van der Waals surface area contributed by atoms with Gasteiger partial charge in [0.1, 0.15) is 5.76 Å². The summed E-state index contributed by atoms with van der Waals surface area (Å²) in [5.41, 5.74) is 1.05. The number of rotatable bonds is 7. The smallest absolute Gasteiger partial charge is 0.340 e. The fraction of sp³-hybridized carbons (Fsp3) is 0.429. The van der Waals surface area contributed by atoms with Crippen LogP contribution in [-0.2, 0) is 16.1 Å². The van der Waals surface area contributed by atoms with Crippen molar-refractivity contribution in [1.82, 2.24) is 4.90 Å². The molecule has 1 aromatic heterocycles. The van der Waals surface area contributed by atoms with E-state index in [-0.39, 0.29) is 18.6 Å². The van der Waals surface area contributed by atoms with E-state index in [1.807, 2.05) is 18.2 Å². The van der Waals surface area contributed by atoms with Crippen molar-refractivity contribution < 1.29 is 18.7 Å². The SMILES string of the molecule is CN(C(=O)COC(=O)c1ccccc1NCc1ccco1)C1CCCCC1. The summed E-state index contributed by atoms with van der Waals surface area (Å²) < 4.78 is 10.6. The van der Waals surface area contributed by atoms with Crippen LogP contribution in [0.15, 0.2) is 47.1 Å². The molecular formula is C21H26N2O4. The van der Waals surface area contributed by atoms with Gasteiger partial charge in [0.15, 0.2) is 6.61 Å². The molecule has 1 N–H and O–H groups in total. The number of hydrogen-bond acceptors (Lipinski definition) is 5. The van der Waals surface area contributed by atoms with Gasteiger partial charge in [-0.2, -0.15) is 0 Å². The molecule has 1 heterocycles. The van der Waals surface area contributed by atoms with Crippen molar-refractivity contribution in [1.29, 1.82) is 0 Å². The molecule has 0 radical (unpaired) electrons. The normalized spacial score (nSPS) is 14.6. The summed E-state index contributed by atoms with van der Waals surface area (Å²) in [7, 11) is 1.80. The minimum absolute atomic E-state index is 0.156. The van der Waals surface area contributed by atoms with E-state index >= 15 is 0 Å². The summed E-state index contributed by atoms with van der Waals surface area (Å²) in [5, 5.41) is 3.17. The number of nitrogens with one attached hydrogen (secondary N) is 1. The Labute approximate surface area is 159 Å². The largest absolute Gasteiger partial charge is 0.467 e. The van der Waals surface area contributed by atoms with Gasteiger partial charge in [0, 0.05) is 18.8 Å². The lowest BCUT2D eigenvalue weighted by Crippen LogP contribution is -2.40. The molecule has 1 aliphatic rings. The molecule has 0 spiro atoms. The van der Waals surface area contributed by atoms with Gasteiger partial charge in [-0.1, -0.05) is 31.4 Å². The Kier molecular flexibility index (Phi) is 6.52. The Morgan fingerprint density at radius 2 is 1.93 bits per heavy atom. The zero-order chi connectivity index (χ0) is 19.1. The number of esters is 1. The lowest BCUT2D eigenvalue weighted by molar-refractivity contribution is -0.135. The van der Waals surface area contributed by atoms with Crippen molar-refractivity contribution in [2.75, 3.05) is 19.0 Å². The van der Waals surface area contributed by atoms with Crippen LogP contribution in [0.4, 0.5) is 5.69 Å². The van der Waals surface area contributed by atoms with Crippen molar-refractivity contribution in [3.8, 4) is 0 Å². The van der Waals surface area contributed by atoms with Crippen LogP contribution in [0, 0.1) is 0 Å². The van der Waals surface area contributed by atoms with Crippen LogP contribution in [0.3, 0.4) is 0 Å². The molecule has 1 aliphatic carbocycles. The zero-order valence-electron chi connectivity index (χ0n) is 15.6. The van der Waals surface area contributed by atoms with E-state index in [1.165, 1.54) is 6.42 Å². The highest BCUT2D eigenvalue weighted by Gasteiger charge is 2.23. The predicted molar refractivity (Wildman–Crippen MR) is 102 cm³/mol. The Balaban J connectivity index is 1.55. The summed E-state index contributed by atoms with van der Waals surface area (Å²) in [6.07, 6.45) is 7.18. The summed E-state index contributed by atoms with van der Waals surface area (Å²) >= 11 is 0. The van der Waals surface area contributed by atoms with Crippen LogP contribution in [0.5, 0.6) is 0 Å². The lowest BCUT2D eigenvalue weighted by Gasteiger charge is -2.31. The molecule has 1 saturated carbocycles. The molecule has 6 heteroatoms. The number of carbonyl (C=O) groups excluding carboxylic acids is 2. The number of hydrogen-bond donors (Lipinski definition) is 1. The molecule has 2 aromatic rings. The van der Waals surface area contributed by atoms with Gasteiger partial charge in [0.2, 0.25) is 0 Å². The number of amides is 1. The van der Waals surface area contributed by atoms with Crippen molar-refractivity contribution in [2.24, 2.45) is 0 Å². The molecule has 0 saturated heterocycles. The van der Waals surface area contributed by atoms with Crippen molar-refractivity contribution in [3.63, 3.8) is 0 Å². The average Bonchev–Trinajstić information content (AvgIpc) is 3.24. The number of carbonyl (C=O) groups is 2. The first kappa shape index (κ1) is 19.0.